The maximum atomic E-state index is 12.3. The molecule has 0 aromatic heterocycles. The predicted octanol–water partition coefficient (Wildman–Crippen LogP) is 6.75. The third kappa shape index (κ3) is 12.0. The van der Waals surface area contributed by atoms with Crippen molar-refractivity contribution in [2.45, 2.75) is 52.6 Å². The first-order valence-corrected chi connectivity index (χ1v) is 13.5. The van der Waals surface area contributed by atoms with E-state index in [4.69, 9.17) is 9.47 Å². The molecule has 0 bridgehead atoms. The fraction of sp³-hybridized carbons (Fsp3) is 0.500. The summed E-state index contributed by atoms with van der Waals surface area (Å²) in [6.07, 6.45) is 0.799. The number of amides is 2. The molecule has 0 fully saturated rings. The van der Waals surface area contributed by atoms with Crippen LogP contribution in [0.4, 0.5) is 9.59 Å². The molecule has 0 radical (unpaired) electrons. The number of hydrogen-bond acceptors (Lipinski definition) is 5. The number of nitrogens with one attached hydrogen (secondary N) is 2. The van der Waals surface area contributed by atoms with Gasteiger partial charge in [-0.1, -0.05) is 88.4 Å². The number of benzene rings is 2. The largest absolute Gasteiger partial charge is 0.449 e. The van der Waals surface area contributed by atoms with Gasteiger partial charge in [0.1, 0.15) is 0 Å². The zero-order valence-electron chi connectivity index (χ0n) is 21.4. The maximum Gasteiger partial charge on any atom is 0.407 e. The molecule has 2 atom stereocenters. The zero-order valence-corrected chi connectivity index (χ0v) is 22.2. The summed E-state index contributed by atoms with van der Waals surface area (Å²) >= 11 is 1.81. The molecule has 0 saturated carbocycles. The number of carbonyl (C=O) groups is 2. The fourth-order valence-corrected chi connectivity index (χ4v) is 4.38. The average Bonchev–Trinajstić information content (AvgIpc) is 2.85. The Labute approximate surface area is 214 Å². The predicted molar refractivity (Wildman–Crippen MR) is 144 cm³/mol. The van der Waals surface area contributed by atoms with Crippen molar-refractivity contribution < 1.29 is 19.1 Å². The van der Waals surface area contributed by atoms with E-state index in [1.54, 1.807) is 11.8 Å². The van der Waals surface area contributed by atoms with E-state index in [2.05, 4.69) is 10.6 Å². The second kappa shape index (κ2) is 16.1. The van der Waals surface area contributed by atoms with Crippen LogP contribution in [0, 0.1) is 11.8 Å². The van der Waals surface area contributed by atoms with E-state index in [-0.39, 0.29) is 24.3 Å². The van der Waals surface area contributed by atoms with E-state index in [0.29, 0.717) is 25.0 Å². The van der Waals surface area contributed by atoms with E-state index in [1.807, 2.05) is 88.4 Å². The Morgan fingerprint density at radius 2 is 1.06 bits per heavy atom. The van der Waals surface area contributed by atoms with Gasteiger partial charge in [-0.05, 0) is 47.3 Å². The van der Waals surface area contributed by atoms with Crippen LogP contribution in [-0.4, -0.2) is 36.9 Å². The van der Waals surface area contributed by atoms with E-state index >= 15 is 0 Å². The van der Waals surface area contributed by atoms with Crippen molar-refractivity contribution in [2.24, 2.45) is 11.8 Å². The van der Waals surface area contributed by atoms with Gasteiger partial charge in [0.2, 0.25) is 0 Å². The van der Waals surface area contributed by atoms with Crippen LogP contribution in [0.3, 0.4) is 0 Å². The molecule has 2 rings (SSSR count). The summed E-state index contributed by atoms with van der Waals surface area (Å²) in [6, 6.07) is 19.7. The number of thioether (sulfide) groups is 1. The third-order valence-electron chi connectivity index (χ3n) is 5.19. The zero-order chi connectivity index (χ0) is 25.5. The highest BCUT2D eigenvalue weighted by Crippen LogP contribution is 2.23. The molecule has 0 saturated heterocycles. The van der Waals surface area contributed by atoms with Crippen LogP contribution in [0.5, 0.6) is 0 Å². The van der Waals surface area contributed by atoms with E-state index in [9.17, 15) is 9.59 Å². The Kier molecular flexibility index (Phi) is 13.1. The average molecular weight is 501 g/mol. The van der Waals surface area contributed by atoms with E-state index in [0.717, 1.165) is 35.5 Å². The van der Waals surface area contributed by atoms with Crippen molar-refractivity contribution >= 4 is 23.9 Å². The summed E-state index contributed by atoms with van der Waals surface area (Å²) in [6.45, 7) is 8.85. The SMILES string of the molecule is CC(C)COC(=O)NC(CCSCCC(NC(=O)OCC(C)C)c1ccccc1)c1ccccc1. The first-order valence-electron chi connectivity index (χ1n) is 12.4. The lowest BCUT2D eigenvalue weighted by molar-refractivity contribution is 0.128. The van der Waals surface area contributed by atoms with Crippen molar-refractivity contribution in [3.63, 3.8) is 0 Å². The Morgan fingerprint density at radius 3 is 1.40 bits per heavy atom. The minimum Gasteiger partial charge on any atom is -0.449 e. The van der Waals surface area contributed by atoms with Crippen LogP contribution in [0.25, 0.3) is 0 Å². The molecule has 2 amide bonds. The molecule has 2 unspecified atom stereocenters. The van der Waals surface area contributed by atoms with Gasteiger partial charge in [-0.15, -0.1) is 0 Å². The first kappa shape index (κ1) is 28.6. The summed E-state index contributed by atoms with van der Waals surface area (Å²) in [5.74, 6) is 2.31. The summed E-state index contributed by atoms with van der Waals surface area (Å²) < 4.78 is 10.7. The summed E-state index contributed by atoms with van der Waals surface area (Å²) in [7, 11) is 0. The van der Waals surface area contributed by atoms with Crippen LogP contribution in [0.1, 0.15) is 63.7 Å². The summed E-state index contributed by atoms with van der Waals surface area (Å²) in [5.41, 5.74) is 2.12. The summed E-state index contributed by atoms with van der Waals surface area (Å²) in [5, 5.41) is 6.03. The van der Waals surface area contributed by atoms with Crippen molar-refractivity contribution in [1.29, 1.82) is 0 Å². The Hall–Kier alpha value is -2.67. The van der Waals surface area contributed by atoms with Crippen molar-refractivity contribution in [1.82, 2.24) is 10.6 Å². The smallest absolute Gasteiger partial charge is 0.407 e. The molecule has 0 heterocycles. The topological polar surface area (TPSA) is 76.7 Å². The molecule has 0 aliphatic carbocycles. The number of ether oxygens (including phenoxy) is 2. The highest BCUT2D eigenvalue weighted by Gasteiger charge is 2.18. The number of hydrogen-bond donors (Lipinski definition) is 2. The molecule has 35 heavy (non-hydrogen) atoms. The molecule has 0 aliphatic heterocycles. The molecule has 6 nitrogen and oxygen atoms in total. The van der Waals surface area contributed by atoms with E-state index < -0.39 is 0 Å². The summed E-state index contributed by atoms with van der Waals surface area (Å²) in [4.78, 5) is 24.5. The number of alkyl carbamates (subject to hydrolysis) is 2. The standard InChI is InChI=1S/C28H40N2O4S/c1-21(2)19-33-27(31)29-25(23-11-7-5-8-12-23)15-17-35-18-16-26(24-13-9-6-10-14-24)30-28(32)34-20-22(3)4/h5-14,21-22,25-26H,15-20H2,1-4H3,(H,29,31)(H,30,32). The second-order valence-electron chi connectivity index (χ2n) is 9.39. The minimum absolute atomic E-state index is 0.114. The number of rotatable bonds is 14. The van der Waals surface area contributed by atoms with Crippen LogP contribution in [0.2, 0.25) is 0 Å². The van der Waals surface area contributed by atoms with Crippen molar-refractivity contribution in [3.8, 4) is 0 Å². The van der Waals surface area contributed by atoms with Crippen LogP contribution in [-0.2, 0) is 9.47 Å². The normalized spacial score (nSPS) is 12.7. The van der Waals surface area contributed by atoms with Crippen LogP contribution >= 0.6 is 11.8 Å². The monoisotopic (exact) mass is 500 g/mol. The Bertz CT molecular complexity index is 790. The molecular formula is C28H40N2O4S. The quantitative estimate of drug-likeness (QED) is 0.281. The van der Waals surface area contributed by atoms with Gasteiger partial charge >= 0.3 is 12.2 Å². The highest BCUT2D eigenvalue weighted by molar-refractivity contribution is 7.99. The van der Waals surface area contributed by atoms with Crippen LogP contribution < -0.4 is 10.6 Å². The van der Waals surface area contributed by atoms with Crippen molar-refractivity contribution in [3.05, 3.63) is 71.8 Å². The van der Waals surface area contributed by atoms with Gasteiger partial charge < -0.3 is 20.1 Å². The highest BCUT2D eigenvalue weighted by atomic mass is 32.2. The Morgan fingerprint density at radius 1 is 0.686 bits per heavy atom. The Balaban J connectivity index is 1.87. The third-order valence-corrected chi connectivity index (χ3v) is 6.23. The van der Waals surface area contributed by atoms with Gasteiger partial charge in [0.05, 0.1) is 25.3 Å². The second-order valence-corrected chi connectivity index (χ2v) is 10.6. The molecular weight excluding hydrogens is 460 g/mol. The fourth-order valence-electron chi connectivity index (χ4n) is 3.37. The van der Waals surface area contributed by atoms with Gasteiger partial charge in [-0.25, -0.2) is 9.59 Å². The maximum absolute atomic E-state index is 12.3. The van der Waals surface area contributed by atoms with E-state index in [1.165, 1.54) is 0 Å². The molecule has 7 heteroatoms. The minimum atomic E-state index is -0.384. The van der Waals surface area contributed by atoms with Crippen LogP contribution in [0.15, 0.2) is 60.7 Å². The lowest BCUT2D eigenvalue weighted by Gasteiger charge is -2.21. The first-order chi connectivity index (χ1) is 16.8. The lowest BCUT2D eigenvalue weighted by atomic mass is 10.1. The van der Waals surface area contributed by atoms with Gasteiger partial charge in [-0.3, -0.25) is 0 Å². The lowest BCUT2D eigenvalue weighted by Crippen LogP contribution is -2.31. The molecule has 0 aliphatic rings. The molecule has 192 valence electrons. The van der Waals surface area contributed by atoms with Gasteiger partial charge in [-0.2, -0.15) is 11.8 Å². The molecule has 2 N–H and O–H groups in total. The molecule has 2 aromatic carbocycles. The van der Waals surface area contributed by atoms with Gasteiger partial charge in [0.15, 0.2) is 0 Å². The van der Waals surface area contributed by atoms with Gasteiger partial charge in [0, 0.05) is 0 Å². The van der Waals surface area contributed by atoms with Crippen molar-refractivity contribution in [2.75, 3.05) is 24.7 Å². The molecule has 2 aromatic rings. The van der Waals surface area contributed by atoms with Gasteiger partial charge in [0.25, 0.3) is 0 Å². The number of carbonyl (C=O) groups excluding carboxylic acids is 2. The molecule has 0 spiro atoms.